The molecular weight excluding hydrogens is 598 g/mol. The van der Waals surface area contributed by atoms with Crippen LogP contribution in [0.25, 0.3) is 11.1 Å². The number of anilines is 3. The van der Waals surface area contributed by atoms with Crippen LogP contribution in [0, 0.1) is 0 Å². The Kier molecular flexibility index (Phi) is 9.69. The Morgan fingerprint density at radius 1 is 0.778 bits per heavy atom. The Morgan fingerprint density at radius 3 is 1.84 bits per heavy atom. The smallest absolute Gasteiger partial charge is 0.412 e. The van der Waals surface area contributed by atoms with Gasteiger partial charge in [-0.2, -0.15) is 8.42 Å². The molecule has 45 heavy (non-hydrogen) atoms. The molecule has 11 nitrogen and oxygen atoms in total. The van der Waals surface area contributed by atoms with Crippen molar-refractivity contribution in [1.82, 2.24) is 0 Å². The van der Waals surface area contributed by atoms with Crippen LogP contribution >= 0.6 is 0 Å². The van der Waals surface area contributed by atoms with Crippen molar-refractivity contribution < 1.29 is 36.4 Å². The van der Waals surface area contributed by atoms with Crippen molar-refractivity contribution in [1.29, 1.82) is 0 Å². The molecule has 2 N–H and O–H groups in total. The second-order valence-electron chi connectivity index (χ2n) is 12.7. The lowest BCUT2D eigenvalue weighted by molar-refractivity contribution is 0.0624. The summed E-state index contributed by atoms with van der Waals surface area (Å²) in [5.41, 5.74) is 4.56. The van der Waals surface area contributed by atoms with Crippen molar-refractivity contribution in [2.24, 2.45) is 0 Å². The molecule has 0 radical (unpaired) electrons. The van der Waals surface area contributed by atoms with E-state index in [0.29, 0.717) is 17.1 Å². The van der Waals surface area contributed by atoms with E-state index in [2.05, 4.69) is 15.5 Å². The molecule has 0 saturated heterocycles. The Bertz CT molecular complexity index is 1660. The Labute approximate surface area is 264 Å². The molecule has 1 aliphatic heterocycles. The average Bonchev–Trinajstić information content (AvgIpc) is 2.89. The molecular formula is C33H41N3O8S. The molecule has 1 atom stereocenters. The number of hydrogen-bond acceptors (Lipinski definition) is 9. The van der Waals surface area contributed by atoms with Gasteiger partial charge < -0.3 is 19.1 Å². The van der Waals surface area contributed by atoms with Crippen LogP contribution < -0.4 is 20.3 Å². The topological polar surface area (TPSA) is 133 Å². The first kappa shape index (κ1) is 33.6. The number of hydrogen-bond donors (Lipinski definition) is 2. The van der Waals surface area contributed by atoms with Crippen LogP contribution in [0.5, 0.6) is 5.75 Å². The standard InChI is InChI=1S/C33H41N3O8S/c1-32(2,3)43-30(37)34-22-11-15-25-26-16-12-23(35-31(38)44-33(4,5)6)20-28(26)36(7)29(27(25)19-22)21-9-13-24(14-10-21)41-17-18-42-45(8,39)40/h9-16,19-20,29H,17-18H2,1-8H3,(H,34,37)(H,35,38). The second-order valence-corrected chi connectivity index (χ2v) is 14.4. The summed E-state index contributed by atoms with van der Waals surface area (Å²) in [5, 5.41) is 5.67. The number of amides is 2. The van der Waals surface area contributed by atoms with Crippen LogP contribution in [0.2, 0.25) is 0 Å². The minimum absolute atomic E-state index is 0.0685. The molecule has 0 spiro atoms. The van der Waals surface area contributed by atoms with Gasteiger partial charge in [-0.3, -0.25) is 14.8 Å². The molecule has 0 aromatic heterocycles. The lowest BCUT2D eigenvalue weighted by Gasteiger charge is -2.38. The molecule has 3 aromatic carbocycles. The zero-order chi connectivity index (χ0) is 33.2. The molecule has 1 heterocycles. The van der Waals surface area contributed by atoms with Gasteiger partial charge in [-0.05, 0) is 94.6 Å². The fraction of sp³-hybridized carbons (Fsp3) is 0.394. The molecule has 0 aliphatic carbocycles. The summed E-state index contributed by atoms with van der Waals surface area (Å²) >= 11 is 0. The highest BCUT2D eigenvalue weighted by atomic mass is 32.2. The van der Waals surface area contributed by atoms with Gasteiger partial charge in [0.1, 0.15) is 30.2 Å². The summed E-state index contributed by atoms with van der Waals surface area (Å²) in [6.07, 6.45) is -0.111. The minimum atomic E-state index is -3.55. The maximum absolute atomic E-state index is 12.6. The number of nitrogens with one attached hydrogen (secondary N) is 2. The highest BCUT2D eigenvalue weighted by Crippen LogP contribution is 2.48. The lowest BCUT2D eigenvalue weighted by Crippen LogP contribution is -2.30. The van der Waals surface area contributed by atoms with Gasteiger partial charge in [-0.15, -0.1) is 0 Å². The van der Waals surface area contributed by atoms with Crippen molar-refractivity contribution in [3.05, 3.63) is 71.8 Å². The van der Waals surface area contributed by atoms with E-state index < -0.39 is 33.5 Å². The molecule has 0 saturated carbocycles. The van der Waals surface area contributed by atoms with Crippen molar-refractivity contribution in [3.8, 4) is 16.9 Å². The van der Waals surface area contributed by atoms with Gasteiger partial charge in [0, 0.05) is 29.7 Å². The maximum atomic E-state index is 12.6. The predicted octanol–water partition coefficient (Wildman–Crippen LogP) is 6.94. The van der Waals surface area contributed by atoms with Gasteiger partial charge in [-0.1, -0.05) is 24.3 Å². The number of benzene rings is 3. The fourth-order valence-electron chi connectivity index (χ4n) is 4.93. The monoisotopic (exact) mass is 639 g/mol. The summed E-state index contributed by atoms with van der Waals surface area (Å²) in [4.78, 5) is 27.2. The first-order valence-corrected chi connectivity index (χ1v) is 16.3. The zero-order valence-corrected chi connectivity index (χ0v) is 27.7. The van der Waals surface area contributed by atoms with Crippen LogP contribution in [0.1, 0.15) is 58.7 Å². The third-order valence-corrected chi connectivity index (χ3v) is 7.13. The summed E-state index contributed by atoms with van der Waals surface area (Å²) in [6, 6.07) is 18.6. The van der Waals surface area contributed by atoms with E-state index in [0.717, 1.165) is 34.2 Å². The van der Waals surface area contributed by atoms with Gasteiger partial charge in [0.15, 0.2) is 0 Å². The zero-order valence-electron chi connectivity index (χ0n) is 26.9. The SMILES string of the molecule is CN1c2cc(NC(=O)OC(C)(C)C)ccc2-c2ccc(NC(=O)OC(C)(C)C)cc2C1c1ccc(OCCOS(C)(=O)=O)cc1. The van der Waals surface area contributed by atoms with Crippen LogP contribution in [0.3, 0.4) is 0 Å². The van der Waals surface area contributed by atoms with Gasteiger partial charge in [0.2, 0.25) is 0 Å². The Morgan fingerprint density at radius 2 is 1.31 bits per heavy atom. The highest BCUT2D eigenvalue weighted by Gasteiger charge is 2.31. The van der Waals surface area contributed by atoms with E-state index >= 15 is 0 Å². The number of carbonyl (C=O) groups is 2. The minimum Gasteiger partial charge on any atom is -0.491 e. The molecule has 12 heteroatoms. The molecule has 1 unspecified atom stereocenters. The Balaban J connectivity index is 1.68. The van der Waals surface area contributed by atoms with E-state index in [9.17, 15) is 18.0 Å². The molecule has 0 bridgehead atoms. The van der Waals surface area contributed by atoms with Gasteiger partial charge in [0.05, 0.1) is 12.3 Å². The van der Waals surface area contributed by atoms with Crippen LogP contribution in [-0.2, 0) is 23.8 Å². The van der Waals surface area contributed by atoms with Crippen LogP contribution in [-0.4, -0.2) is 58.3 Å². The average molecular weight is 640 g/mol. The molecule has 3 aromatic rings. The van der Waals surface area contributed by atoms with Crippen molar-refractivity contribution in [2.75, 3.05) is 42.1 Å². The second kappa shape index (κ2) is 13.0. The third-order valence-electron chi connectivity index (χ3n) is 6.54. The summed E-state index contributed by atoms with van der Waals surface area (Å²) in [5.74, 6) is 0.555. The number of carbonyl (C=O) groups excluding carboxylic acids is 2. The van der Waals surface area contributed by atoms with E-state index in [1.54, 1.807) is 41.5 Å². The van der Waals surface area contributed by atoms with Crippen LogP contribution in [0.15, 0.2) is 60.7 Å². The number of fused-ring (bicyclic) bond motifs is 3. The fourth-order valence-corrected chi connectivity index (χ4v) is 5.30. The van der Waals surface area contributed by atoms with E-state index in [1.807, 2.05) is 67.7 Å². The van der Waals surface area contributed by atoms with Crippen molar-refractivity contribution in [2.45, 2.75) is 58.8 Å². The van der Waals surface area contributed by atoms with Crippen molar-refractivity contribution >= 4 is 39.4 Å². The highest BCUT2D eigenvalue weighted by molar-refractivity contribution is 7.85. The van der Waals surface area contributed by atoms with E-state index in [-0.39, 0.29) is 19.3 Å². The molecule has 1 aliphatic rings. The molecule has 0 fully saturated rings. The summed E-state index contributed by atoms with van der Waals surface area (Å²) in [6.45, 7) is 10.8. The Hall–Kier alpha value is -4.29. The number of ether oxygens (including phenoxy) is 3. The number of rotatable bonds is 8. The lowest BCUT2D eigenvalue weighted by atomic mass is 9.84. The van der Waals surface area contributed by atoms with E-state index in [4.69, 9.17) is 18.4 Å². The maximum Gasteiger partial charge on any atom is 0.412 e. The largest absolute Gasteiger partial charge is 0.491 e. The van der Waals surface area contributed by atoms with Crippen LogP contribution in [0.4, 0.5) is 26.7 Å². The molecule has 2 amide bonds. The molecule has 242 valence electrons. The number of nitrogens with zero attached hydrogens (tertiary/aromatic N) is 1. The van der Waals surface area contributed by atoms with Gasteiger partial charge in [0.25, 0.3) is 10.1 Å². The van der Waals surface area contributed by atoms with Gasteiger partial charge in [-0.25, -0.2) is 9.59 Å². The quantitative estimate of drug-likeness (QED) is 0.199. The first-order valence-electron chi connectivity index (χ1n) is 14.5. The normalized spacial score (nSPS) is 14.6. The predicted molar refractivity (Wildman–Crippen MR) is 175 cm³/mol. The van der Waals surface area contributed by atoms with Crippen molar-refractivity contribution in [3.63, 3.8) is 0 Å². The van der Waals surface area contributed by atoms with Gasteiger partial charge >= 0.3 is 12.2 Å². The summed E-state index contributed by atoms with van der Waals surface area (Å²) < 4.78 is 43.7. The third kappa shape index (κ3) is 9.35. The molecule has 4 rings (SSSR count). The van der Waals surface area contributed by atoms with E-state index in [1.165, 1.54) is 0 Å². The summed E-state index contributed by atoms with van der Waals surface area (Å²) in [7, 11) is -1.58. The first-order chi connectivity index (χ1) is 20.9.